The van der Waals surface area contributed by atoms with Crippen LogP contribution in [-0.2, 0) is 16.1 Å². The van der Waals surface area contributed by atoms with Crippen molar-refractivity contribution in [2.24, 2.45) is 4.99 Å². The maximum atomic E-state index is 11.8. The molecular weight excluding hydrogens is 288 g/mol. The Morgan fingerprint density at radius 1 is 1.29 bits per heavy atom. The summed E-state index contributed by atoms with van der Waals surface area (Å²) < 4.78 is 7.90. The molecule has 0 saturated carbocycles. The number of nitrogens with zero attached hydrogens (tertiary/aromatic N) is 2. The lowest BCUT2D eigenvalue weighted by atomic mass is 10.2. The second-order valence-electron chi connectivity index (χ2n) is 4.39. The Hall–Kier alpha value is -1.95. The molecule has 0 aliphatic rings. The molecule has 6 heteroatoms. The lowest BCUT2D eigenvalue weighted by Gasteiger charge is -2.03. The number of benzene rings is 1. The van der Waals surface area contributed by atoms with Crippen LogP contribution in [0.2, 0.25) is 0 Å². The first-order chi connectivity index (χ1) is 10.1. The van der Waals surface area contributed by atoms with Gasteiger partial charge in [0.1, 0.15) is 0 Å². The smallest absolute Gasteiger partial charge is 0.338 e. The van der Waals surface area contributed by atoms with Crippen molar-refractivity contribution in [3.63, 3.8) is 0 Å². The summed E-state index contributed by atoms with van der Waals surface area (Å²) in [5.74, 6) is -0.478. The predicted molar refractivity (Wildman–Crippen MR) is 82.3 cm³/mol. The van der Waals surface area contributed by atoms with Gasteiger partial charge in [0.05, 0.1) is 22.4 Å². The molecule has 1 aromatic heterocycles. The van der Waals surface area contributed by atoms with Crippen molar-refractivity contribution in [3.8, 4) is 0 Å². The molecule has 0 aliphatic heterocycles. The normalized spacial score (nSPS) is 11.9. The second kappa shape index (κ2) is 6.67. The average Bonchev–Trinajstić information content (AvgIpc) is 2.83. The molecule has 0 saturated heterocycles. The van der Waals surface area contributed by atoms with Crippen LogP contribution in [0.1, 0.15) is 37.6 Å². The molecule has 5 nitrogen and oxygen atoms in total. The van der Waals surface area contributed by atoms with Gasteiger partial charge in [-0.2, -0.15) is 4.99 Å². The second-order valence-corrected chi connectivity index (χ2v) is 5.40. The molecule has 0 fully saturated rings. The fraction of sp³-hybridized carbons (Fsp3) is 0.400. The largest absolute Gasteiger partial charge is 0.462 e. The van der Waals surface area contributed by atoms with E-state index < -0.39 is 0 Å². The van der Waals surface area contributed by atoms with Crippen molar-refractivity contribution >= 4 is 33.4 Å². The molecule has 1 heterocycles. The van der Waals surface area contributed by atoms with E-state index in [-0.39, 0.29) is 11.9 Å². The number of hydrogen-bond acceptors (Lipinski definition) is 4. The summed E-state index contributed by atoms with van der Waals surface area (Å²) in [5.41, 5.74) is 1.49. The topological polar surface area (TPSA) is 60.7 Å². The van der Waals surface area contributed by atoms with Crippen molar-refractivity contribution < 1.29 is 14.3 Å². The molecule has 0 atom stereocenters. The fourth-order valence-corrected chi connectivity index (χ4v) is 3.14. The number of hydrogen-bond donors (Lipinski definition) is 0. The number of thiazole rings is 1. The molecule has 2 rings (SSSR count). The Bertz CT molecular complexity index is 743. The highest BCUT2D eigenvalue weighted by molar-refractivity contribution is 7.16. The third-order valence-corrected chi connectivity index (χ3v) is 4.07. The zero-order chi connectivity index (χ0) is 15.4. The van der Waals surface area contributed by atoms with Crippen molar-refractivity contribution in [1.82, 2.24) is 4.57 Å². The van der Waals surface area contributed by atoms with Gasteiger partial charge in [-0.15, -0.1) is 0 Å². The molecule has 1 aromatic carbocycles. The standard InChI is InChI=1S/C15H18N2O3S/c1-4-13(18)16-15-17(5-2)11-8-7-10(9-12(11)21-15)14(19)20-6-3/h7-9H,4-6H2,1-3H3. The Morgan fingerprint density at radius 2 is 2.05 bits per heavy atom. The predicted octanol–water partition coefficient (Wildman–Crippen LogP) is 2.74. The van der Waals surface area contributed by atoms with Gasteiger partial charge in [-0.3, -0.25) is 4.79 Å². The first-order valence-electron chi connectivity index (χ1n) is 6.98. The van der Waals surface area contributed by atoms with Crippen LogP contribution in [0.5, 0.6) is 0 Å². The van der Waals surface area contributed by atoms with Gasteiger partial charge in [-0.25, -0.2) is 4.79 Å². The van der Waals surface area contributed by atoms with E-state index in [1.165, 1.54) is 11.3 Å². The molecule has 2 aromatic rings. The van der Waals surface area contributed by atoms with E-state index in [4.69, 9.17) is 4.74 Å². The summed E-state index contributed by atoms with van der Waals surface area (Å²) >= 11 is 1.41. The van der Waals surface area contributed by atoms with Gasteiger partial charge in [0, 0.05) is 13.0 Å². The summed E-state index contributed by atoms with van der Waals surface area (Å²) in [4.78, 5) is 28.1. The van der Waals surface area contributed by atoms with Crippen molar-refractivity contribution in [3.05, 3.63) is 28.6 Å². The molecule has 0 bridgehead atoms. The minimum absolute atomic E-state index is 0.144. The molecule has 0 radical (unpaired) electrons. The van der Waals surface area contributed by atoms with E-state index in [1.807, 2.05) is 17.6 Å². The summed E-state index contributed by atoms with van der Waals surface area (Å²) in [5, 5.41) is 0. The van der Waals surface area contributed by atoms with Crippen LogP contribution in [0, 0.1) is 0 Å². The number of amides is 1. The molecule has 0 N–H and O–H groups in total. The van der Waals surface area contributed by atoms with Crippen LogP contribution in [0.4, 0.5) is 0 Å². The zero-order valence-corrected chi connectivity index (χ0v) is 13.2. The molecule has 1 amide bonds. The van der Waals surface area contributed by atoms with Crippen molar-refractivity contribution in [2.45, 2.75) is 33.7 Å². The van der Waals surface area contributed by atoms with Crippen LogP contribution in [0.25, 0.3) is 10.2 Å². The summed E-state index contributed by atoms with van der Waals surface area (Å²) in [6, 6.07) is 5.40. The van der Waals surface area contributed by atoms with Crippen LogP contribution in [0.3, 0.4) is 0 Å². The van der Waals surface area contributed by atoms with Gasteiger partial charge >= 0.3 is 5.97 Å². The van der Waals surface area contributed by atoms with E-state index in [2.05, 4.69) is 4.99 Å². The van der Waals surface area contributed by atoms with Gasteiger partial charge in [0.25, 0.3) is 0 Å². The summed E-state index contributed by atoms with van der Waals surface area (Å²) in [6.45, 7) is 6.63. The van der Waals surface area contributed by atoms with Gasteiger partial charge in [-0.05, 0) is 32.0 Å². The number of carbonyl (C=O) groups is 2. The Morgan fingerprint density at radius 3 is 2.67 bits per heavy atom. The Kier molecular flexibility index (Phi) is 4.90. The average molecular weight is 306 g/mol. The maximum absolute atomic E-state index is 11.8. The van der Waals surface area contributed by atoms with Gasteiger partial charge in [-0.1, -0.05) is 18.3 Å². The van der Waals surface area contributed by atoms with Crippen LogP contribution >= 0.6 is 11.3 Å². The monoisotopic (exact) mass is 306 g/mol. The third kappa shape index (κ3) is 3.21. The van der Waals surface area contributed by atoms with E-state index in [1.54, 1.807) is 26.0 Å². The van der Waals surface area contributed by atoms with Gasteiger partial charge in [0.2, 0.25) is 5.91 Å². The lowest BCUT2D eigenvalue weighted by molar-refractivity contribution is -0.117. The minimum atomic E-state index is -0.334. The van der Waals surface area contributed by atoms with Gasteiger partial charge < -0.3 is 9.30 Å². The zero-order valence-electron chi connectivity index (χ0n) is 12.4. The molecule has 0 unspecified atom stereocenters. The van der Waals surface area contributed by atoms with E-state index in [0.29, 0.717) is 29.9 Å². The molecule has 112 valence electrons. The lowest BCUT2D eigenvalue weighted by Crippen LogP contribution is -2.15. The fourth-order valence-electron chi connectivity index (χ4n) is 1.99. The number of carbonyl (C=O) groups excluding carboxylic acids is 2. The Labute approximate surface area is 126 Å². The third-order valence-electron chi connectivity index (χ3n) is 3.03. The van der Waals surface area contributed by atoms with Crippen LogP contribution < -0.4 is 4.80 Å². The van der Waals surface area contributed by atoms with E-state index >= 15 is 0 Å². The highest BCUT2D eigenvalue weighted by Crippen LogP contribution is 2.20. The molecule has 0 spiro atoms. The Balaban J connectivity index is 2.57. The summed E-state index contributed by atoms with van der Waals surface area (Å²) in [7, 11) is 0. The quantitative estimate of drug-likeness (QED) is 0.816. The number of esters is 1. The summed E-state index contributed by atoms with van der Waals surface area (Å²) in [6.07, 6.45) is 0.381. The number of ether oxygens (including phenoxy) is 1. The number of aryl methyl sites for hydroxylation is 1. The first-order valence-corrected chi connectivity index (χ1v) is 7.80. The maximum Gasteiger partial charge on any atom is 0.338 e. The first kappa shape index (κ1) is 15.4. The number of fused-ring (bicyclic) bond motifs is 1. The number of aromatic nitrogens is 1. The molecular formula is C15H18N2O3S. The molecule has 21 heavy (non-hydrogen) atoms. The SMILES string of the molecule is CCOC(=O)c1ccc2c(c1)sc(=NC(=O)CC)n2CC. The number of rotatable bonds is 4. The minimum Gasteiger partial charge on any atom is -0.462 e. The highest BCUT2D eigenvalue weighted by Gasteiger charge is 2.11. The van der Waals surface area contributed by atoms with Crippen LogP contribution in [-0.4, -0.2) is 23.1 Å². The highest BCUT2D eigenvalue weighted by atomic mass is 32.1. The van der Waals surface area contributed by atoms with Crippen molar-refractivity contribution in [2.75, 3.05) is 6.61 Å². The van der Waals surface area contributed by atoms with Crippen LogP contribution in [0.15, 0.2) is 23.2 Å². The van der Waals surface area contributed by atoms with E-state index in [0.717, 1.165) is 10.2 Å². The van der Waals surface area contributed by atoms with Gasteiger partial charge in [0.15, 0.2) is 4.80 Å². The van der Waals surface area contributed by atoms with E-state index in [9.17, 15) is 9.59 Å². The van der Waals surface area contributed by atoms with Crippen molar-refractivity contribution in [1.29, 1.82) is 0 Å². The molecule has 0 aliphatic carbocycles.